The van der Waals surface area contributed by atoms with Crippen molar-refractivity contribution in [1.29, 1.82) is 0 Å². The molecule has 31 heavy (non-hydrogen) atoms. The van der Waals surface area contributed by atoms with Gasteiger partial charge in [-0.15, -0.1) is 0 Å². The van der Waals surface area contributed by atoms with Gasteiger partial charge in [0, 0.05) is 18.1 Å². The van der Waals surface area contributed by atoms with Crippen LogP contribution in [-0.4, -0.2) is 26.0 Å². The number of hydrogen-bond donors (Lipinski definition) is 2. The molecule has 0 unspecified atom stereocenters. The predicted octanol–water partition coefficient (Wildman–Crippen LogP) is 6.19. The summed E-state index contributed by atoms with van der Waals surface area (Å²) in [6, 6.07) is 12.1. The van der Waals surface area contributed by atoms with E-state index >= 15 is 0 Å². The molecule has 0 aliphatic carbocycles. The number of carboxylic acid groups (broad SMARTS) is 1. The summed E-state index contributed by atoms with van der Waals surface area (Å²) in [6.07, 6.45) is 0. The number of fused-ring (bicyclic) bond motifs is 1. The number of halogens is 3. The monoisotopic (exact) mass is 443 g/mol. The maximum atomic E-state index is 13.4. The van der Waals surface area contributed by atoms with Crippen LogP contribution < -0.4 is 4.74 Å². The van der Waals surface area contributed by atoms with E-state index in [0.717, 1.165) is 6.92 Å². The van der Waals surface area contributed by atoms with Gasteiger partial charge in [-0.3, -0.25) is 0 Å². The van der Waals surface area contributed by atoms with Gasteiger partial charge >= 0.3 is 12.0 Å². The molecule has 0 aliphatic heterocycles. The number of imidazole rings is 1. The number of carboxylic acids is 1. The lowest BCUT2D eigenvalue weighted by atomic mass is 10.1. The van der Waals surface area contributed by atoms with Gasteiger partial charge < -0.3 is 14.8 Å². The molecule has 0 atom stereocenters. The Balaban J connectivity index is 1.66. The summed E-state index contributed by atoms with van der Waals surface area (Å²) in [4.78, 5) is 22.9. The normalized spacial score (nSPS) is 11.6. The smallest absolute Gasteiger partial charge is 0.336 e. The van der Waals surface area contributed by atoms with Crippen LogP contribution in [0.25, 0.3) is 22.4 Å². The first-order valence-corrected chi connectivity index (χ1v) is 9.56. The number of carbonyl (C=O) groups is 1. The molecule has 158 valence electrons. The van der Waals surface area contributed by atoms with Crippen LogP contribution in [0.5, 0.6) is 11.8 Å². The van der Waals surface area contributed by atoms with Gasteiger partial charge in [0.1, 0.15) is 5.75 Å². The standard InChI is InChI=1S/C22H16ClF2N3O3/c1-11-3-8-14(9-15(11)20(29)30)31-21-26-17-10-16(23)18(27-19(17)28-21)12-4-6-13(7-5-12)22(2,24)25/h3-10H,1-2H3,(H,29,30)(H,26,27,28). The molecule has 0 spiro atoms. The summed E-state index contributed by atoms with van der Waals surface area (Å²) in [6.45, 7) is 2.52. The van der Waals surface area contributed by atoms with Crippen molar-refractivity contribution in [3.63, 3.8) is 0 Å². The van der Waals surface area contributed by atoms with Crippen molar-refractivity contribution < 1.29 is 23.4 Å². The predicted molar refractivity (Wildman–Crippen MR) is 112 cm³/mol. The first-order valence-electron chi connectivity index (χ1n) is 9.18. The van der Waals surface area contributed by atoms with E-state index in [2.05, 4.69) is 15.0 Å². The fourth-order valence-electron chi connectivity index (χ4n) is 3.07. The first-order chi connectivity index (χ1) is 14.6. The Bertz CT molecular complexity index is 1300. The number of rotatable bonds is 5. The third-order valence-corrected chi connectivity index (χ3v) is 5.01. The van der Waals surface area contributed by atoms with Crippen molar-refractivity contribution in [2.45, 2.75) is 19.8 Å². The second kappa shape index (κ2) is 7.63. The van der Waals surface area contributed by atoms with Crippen LogP contribution >= 0.6 is 11.6 Å². The molecule has 0 amide bonds. The Morgan fingerprint density at radius 3 is 2.48 bits per heavy atom. The summed E-state index contributed by atoms with van der Waals surface area (Å²) < 4.78 is 32.5. The largest absolute Gasteiger partial charge is 0.478 e. The van der Waals surface area contributed by atoms with Crippen LogP contribution in [-0.2, 0) is 5.92 Å². The van der Waals surface area contributed by atoms with E-state index in [1.807, 2.05) is 0 Å². The number of aryl methyl sites for hydroxylation is 1. The molecule has 2 aromatic carbocycles. The van der Waals surface area contributed by atoms with Crippen molar-refractivity contribution in [2.24, 2.45) is 0 Å². The molecular formula is C22H16ClF2N3O3. The van der Waals surface area contributed by atoms with E-state index in [0.29, 0.717) is 38.8 Å². The number of benzene rings is 2. The number of nitrogens with zero attached hydrogens (tertiary/aromatic N) is 2. The van der Waals surface area contributed by atoms with Gasteiger partial charge in [-0.25, -0.2) is 18.6 Å². The van der Waals surface area contributed by atoms with Gasteiger partial charge in [-0.2, -0.15) is 4.98 Å². The summed E-state index contributed by atoms with van der Waals surface area (Å²) in [5.74, 6) is -3.70. The Labute approximate surface area is 180 Å². The molecular weight excluding hydrogens is 428 g/mol. The molecule has 0 radical (unpaired) electrons. The third kappa shape index (κ3) is 4.20. The molecule has 4 aromatic rings. The molecule has 2 heterocycles. The molecule has 0 bridgehead atoms. The minimum atomic E-state index is -2.94. The van der Waals surface area contributed by atoms with E-state index < -0.39 is 11.9 Å². The summed E-state index contributed by atoms with van der Waals surface area (Å²) in [7, 11) is 0. The number of aromatic nitrogens is 3. The maximum absolute atomic E-state index is 13.4. The molecule has 0 fully saturated rings. The fraction of sp³-hybridized carbons (Fsp3) is 0.136. The van der Waals surface area contributed by atoms with Crippen LogP contribution in [0.1, 0.15) is 28.4 Å². The van der Waals surface area contributed by atoms with E-state index in [-0.39, 0.29) is 17.1 Å². The van der Waals surface area contributed by atoms with Gasteiger partial charge in [-0.1, -0.05) is 41.9 Å². The zero-order chi connectivity index (χ0) is 22.3. The van der Waals surface area contributed by atoms with Crippen LogP contribution in [0.4, 0.5) is 8.78 Å². The summed E-state index contributed by atoms with van der Waals surface area (Å²) >= 11 is 6.35. The number of aromatic carboxylic acids is 1. The number of nitrogens with one attached hydrogen (secondary N) is 1. The Hall–Kier alpha value is -3.52. The zero-order valence-corrected chi connectivity index (χ0v) is 17.2. The van der Waals surface area contributed by atoms with Crippen molar-refractivity contribution in [1.82, 2.24) is 15.0 Å². The topological polar surface area (TPSA) is 88.1 Å². The molecule has 2 aromatic heterocycles. The van der Waals surface area contributed by atoms with E-state index in [9.17, 15) is 18.7 Å². The highest BCUT2D eigenvalue weighted by Crippen LogP contribution is 2.33. The van der Waals surface area contributed by atoms with Crippen molar-refractivity contribution in [2.75, 3.05) is 0 Å². The SMILES string of the molecule is Cc1ccc(Oc2nc3nc(-c4ccc(C(C)(F)F)cc4)c(Cl)cc3[nH]2)cc1C(=O)O. The first kappa shape index (κ1) is 20.7. The number of ether oxygens (including phenoxy) is 1. The number of H-pyrrole nitrogens is 1. The summed E-state index contributed by atoms with van der Waals surface area (Å²) in [5.41, 5.74) is 2.39. The molecule has 0 saturated heterocycles. The molecule has 9 heteroatoms. The Morgan fingerprint density at radius 1 is 1.13 bits per heavy atom. The Morgan fingerprint density at radius 2 is 1.84 bits per heavy atom. The quantitative estimate of drug-likeness (QED) is 0.384. The van der Waals surface area contributed by atoms with Gasteiger partial charge in [0.2, 0.25) is 0 Å². The average Bonchev–Trinajstić information content (AvgIpc) is 3.09. The number of alkyl halides is 2. The second-order valence-corrected chi connectivity index (χ2v) is 7.49. The lowest BCUT2D eigenvalue weighted by molar-refractivity contribution is 0.0175. The van der Waals surface area contributed by atoms with Crippen molar-refractivity contribution >= 4 is 28.7 Å². The highest BCUT2D eigenvalue weighted by molar-refractivity contribution is 6.33. The van der Waals surface area contributed by atoms with Crippen molar-refractivity contribution in [3.8, 4) is 23.0 Å². The lowest BCUT2D eigenvalue weighted by Gasteiger charge is -2.11. The van der Waals surface area contributed by atoms with Gasteiger partial charge in [0.15, 0.2) is 5.65 Å². The highest BCUT2D eigenvalue weighted by Gasteiger charge is 2.24. The number of pyridine rings is 1. The lowest BCUT2D eigenvalue weighted by Crippen LogP contribution is -2.06. The molecule has 0 aliphatic rings. The number of aromatic amines is 1. The molecule has 6 nitrogen and oxygen atoms in total. The minimum absolute atomic E-state index is 0.108. The third-order valence-electron chi connectivity index (χ3n) is 4.72. The zero-order valence-electron chi connectivity index (χ0n) is 16.4. The molecule has 4 rings (SSSR count). The Kier molecular flexibility index (Phi) is 5.10. The molecule has 0 saturated carbocycles. The van der Waals surface area contributed by atoms with Crippen LogP contribution in [0.15, 0.2) is 48.5 Å². The van der Waals surface area contributed by atoms with E-state index in [1.54, 1.807) is 25.1 Å². The van der Waals surface area contributed by atoms with Crippen LogP contribution in [0.2, 0.25) is 5.02 Å². The van der Waals surface area contributed by atoms with Gasteiger partial charge in [0.05, 0.1) is 21.8 Å². The van der Waals surface area contributed by atoms with Crippen molar-refractivity contribution in [3.05, 3.63) is 70.2 Å². The highest BCUT2D eigenvalue weighted by atomic mass is 35.5. The van der Waals surface area contributed by atoms with Crippen LogP contribution in [0.3, 0.4) is 0 Å². The van der Waals surface area contributed by atoms with Gasteiger partial charge in [-0.05, 0) is 30.7 Å². The number of hydrogen-bond acceptors (Lipinski definition) is 4. The average molecular weight is 444 g/mol. The fourth-order valence-corrected chi connectivity index (χ4v) is 3.33. The van der Waals surface area contributed by atoms with E-state index in [1.165, 1.54) is 30.3 Å². The molecule has 2 N–H and O–H groups in total. The summed E-state index contributed by atoms with van der Waals surface area (Å²) in [5, 5.41) is 9.56. The van der Waals surface area contributed by atoms with Gasteiger partial charge in [0.25, 0.3) is 5.92 Å². The maximum Gasteiger partial charge on any atom is 0.336 e. The van der Waals surface area contributed by atoms with Crippen LogP contribution in [0, 0.1) is 6.92 Å². The second-order valence-electron chi connectivity index (χ2n) is 7.08. The van der Waals surface area contributed by atoms with E-state index in [4.69, 9.17) is 16.3 Å². The minimum Gasteiger partial charge on any atom is -0.478 e.